The molecule has 0 spiro atoms. The molecule has 0 saturated carbocycles. The summed E-state index contributed by atoms with van der Waals surface area (Å²) in [7, 11) is 0. The van der Waals surface area contributed by atoms with E-state index in [4.69, 9.17) is 10.3 Å². The topological polar surface area (TPSA) is 72.4 Å². The van der Waals surface area contributed by atoms with E-state index in [9.17, 15) is 4.79 Å². The molecule has 1 unspecified atom stereocenters. The Kier molecular flexibility index (Phi) is 4.96. The zero-order valence-corrected chi connectivity index (χ0v) is 10.7. The number of rotatable bonds is 3. The Labute approximate surface area is 107 Å². The van der Waals surface area contributed by atoms with Crippen molar-refractivity contribution in [1.29, 1.82) is 0 Å². The summed E-state index contributed by atoms with van der Waals surface area (Å²) in [6, 6.07) is 2.01. The zero-order valence-electron chi connectivity index (χ0n) is 9.89. The highest BCUT2D eigenvalue weighted by molar-refractivity contribution is 5.85. The minimum Gasteiger partial charge on any atom is -0.361 e. The van der Waals surface area contributed by atoms with Gasteiger partial charge in [0.05, 0.1) is 12.1 Å². The maximum atomic E-state index is 12.0. The summed E-state index contributed by atoms with van der Waals surface area (Å²) in [6.45, 7) is 3.18. The first kappa shape index (κ1) is 14.0. The average Bonchev–Trinajstić information content (AvgIpc) is 2.86. The number of amides is 1. The molecule has 0 aromatic carbocycles. The van der Waals surface area contributed by atoms with E-state index in [-0.39, 0.29) is 24.4 Å². The average molecular weight is 260 g/mol. The fourth-order valence-electron chi connectivity index (χ4n) is 2.17. The van der Waals surface area contributed by atoms with Crippen LogP contribution in [0.15, 0.2) is 10.6 Å². The van der Waals surface area contributed by atoms with Gasteiger partial charge in [0.1, 0.15) is 5.76 Å². The van der Waals surface area contributed by atoms with Crippen LogP contribution >= 0.6 is 12.4 Å². The maximum absolute atomic E-state index is 12.0. The largest absolute Gasteiger partial charge is 0.361 e. The Morgan fingerprint density at radius 2 is 2.47 bits per heavy atom. The summed E-state index contributed by atoms with van der Waals surface area (Å²) in [5.74, 6) is 0.834. The van der Waals surface area contributed by atoms with Gasteiger partial charge in [-0.15, -0.1) is 12.4 Å². The van der Waals surface area contributed by atoms with Crippen LogP contribution in [0.5, 0.6) is 0 Å². The third-order valence-electron chi connectivity index (χ3n) is 2.98. The Morgan fingerprint density at radius 1 is 1.71 bits per heavy atom. The van der Waals surface area contributed by atoms with Gasteiger partial charge in [0.25, 0.3) is 0 Å². The molecule has 1 fully saturated rings. The second-order valence-electron chi connectivity index (χ2n) is 4.22. The highest BCUT2D eigenvalue weighted by atomic mass is 35.5. The molecular weight excluding hydrogens is 242 g/mol. The quantitative estimate of drug-likeness (QED) is 0.875. The summed E-state index contributed by atoms with van der Waals surface area (Å²) in [5, 5.41) is 3.82. The van der Waals surface area contributed by atoms with Crippen LogP contribution in [0.25, 0.3) is 0 Å². The first-order valence-electron chi connectivity index (χ1n) is 5.62. The van der Waals surface area contributed by atoms with Gasteiger partial charge in [-0.3, -0.25) is 4.79 Å². The van der Waals surface area contributed by atoms with E-state index < -0.39 is 0 Å². The second-order valence-corrected chi connectivity index (χ2v) is 4.22. The van der Waals surface area contributed by atoms with Crippen LogP contribution in [0.4, 0.5) is 0 Å². The maximum Gasteiger partial charge on any atom is 0.229 e. The number of aromatic nitrogens is 1. The molecule has 1 aliphatic rings. The smallest absolute Gasteiger partial charge is 0.229 e. The molecule has 6 heteroatoms. The molecule has 5 nitrogen and oxygen atoms in total. The fraction of sp³-hybridized carbons (Fsp3) is 0.636. The van der Waals surface area contributed by atoms with Gasteiger partial charge in [-0.1, -0.05) is 5.16 Å². The second kappa shape index (κ2) is 6.02. The molecule has 1 amide bonds. The van der Waals surface area contributed by atoms with E-state index in [1.165, 1.54) is 0 Å². The summed E-state index contributed by atoms with van der Waals surface area (Å²) < 4.78 is 4.94. The van der Waals surface area contributed by atoms with Gasteiger partial charge in [-0.05, 0) is 19.8 Å². The Morgan fingerprint density at radius 3 is 3.06 bits per heavy atom. The van der Waals surface area contributed by atoms with Crippen LogP contribution in [0.1, 0.15) is 24.3 Å². The van der Waals surface area contributed by atoms with Crippen LogP contribution in [0.2, 0.25) is 0 Å². The number of hydrogen-bond acceptors (Lipinski definition) is 4. The lowest BCUT2D eigenvalue weighted by Gasteiger charge is -2.22. The third kappa shape index (κ3) is 3.20. The first-order valence-corrected chi connectivity index (χ1v) is 5.62. The van der Waals surface area contributed by atoms with Gasteiger partial charge < -0.3 is 15.2 Å². The molecule has 1 aromatic rings. The fourth-order valence-corrected chi connectivity index (χ4v) is 2.17. The van der Waals surface area contributed by atoms with E-state index in [1.54, 1.807) is 6.07 Å². The number of hydrogen-bond donors (Lipinski definition) is 1. The number of aryl methyl sites for hydroxylation is 1. The zero-order chi connectivity index (χ0) is 11.5. The van der Waals surface area contributed by atoms with Crippen molar-refractivity contribution in [1.82, 2.24) is 10.1 Å². The van der Waals surface area contributed by atoms with Gasteiger partial charge in [0.2, 0.25) is 5.91 Å². The minimum atomic E-state index is 0. The summed E-state index contributed by atoms with van der Waals surface area (Å²) in [6.07, 6.45) is 2.37. The Hall–Kier alpha value is -1.07. The summed E-state index contributed by atoms with van der Waals surface area (Å²) >= 11 is 0. The molecule has 0 aliphatic carbocycles. The molecule has 1 aromatic heterocycles. The van der Waals surface area contributed by atoms with Crippen LogP contribution in [-0.4, -0.2) is 35.1 Å². The molecule has 0 radical (unpaired) electrons. The number of nitrogens with zero attached hydrogens (tertiary/aromatic N) is 2. The standard InChI is InChI=1S/C11H17N3O2.ClH/c1-8-5-9(13-16-8)6-11(15)14-4-2-3-10(14)7-12;/h5,10H,2-4,6-7,12H2,1H3;1H. The van der Waals surface area contributed by atoms with Crippen molar-refractivity contribution >= 4 is 18.3 Å². The van der Waals surface area contributed by atoms with Crippen molar-refractivity contribution in [2.75, 3.05) is 13.1 Å². The summed E-state index contributed by atoms with van der Waals surface area (Å²) in [4.78, 5) is 13.8. The van der Waals surface area contributed by atoms with Gasteiger partial charge in [0, 0.05) is 25.2 Å². The Balaban J connectivity index is 0.00000144. The molecule has 2 N–H and O–H groups in total. The molecule has 1 saturated heterocycles. The molecule has 96 valence electrons. The molecule has 1 aliphatic heterocycles. The lowest BCUT2D eigenvalue weighted by molar-refractivity contribution is -0.131. The lowest BCUT2D eigenvalue weighted by atomic mass is 10.2. The van der Waals surface area contributed by atoms with Crippen molar-refractivity contribution in [2.24, 2.45) is 5.73 Å². The minimum absolute atomic E-state index is 0. The number of nitrogens with two attached hydrogens (primary N) is 1. The van der Waals surface area contributed by atoms with E-state index in [0.717, 1.165) is 25.1 Å². The Bertz CT molecular complexity index is 381. The van der Waals surface area contributed by atoms with Gasteiger partial charge in [-0.25, -0.2) is 0 Å². The van der Waals surface area contributed by atoms with E-state index >= 15 is 0 Å². The monoisotopic (exact) mass is 259 g/mol. The van der Waals surface area contributed by atoms with Crippen LogP contribution in [0, 0.1) is 6.92 Å². The van der Waals surface area contributed by atoms with Gasteiger partial charge >= 0.3 is 0 Å². The van der Waals surface area contributed by atoms with Crippen LogP contribution in [-0.2, 0) is 11.2 Å². The highest BCUT2D eigenvalue weighted by Gasteiger charge is 2.27. The first-order chi connectivity index (χ1) is 7.70. The molecule has 0 bridgehead atoms. The molecule has 2 heterocycles. The van der Waals surface area contributed by atoms with E-state index in [1.807, 2.05) is 11.8 Å². The van der Waals surface area contributed by atoms with Crippen molar-refractivity contribution < 1.29 is 9.32 Å². The molecular formula is C11H18ClN3O2. The van der Waals surface area contributed by atoms with Crippen LogP contribution in [0.3, 0.4) is 0 Å². The molecule has 17 heavy (non-hydrogen) atoms. The molecule has 1 atom stereocenters. The van der Waals surface area contributed by atoms with Gasteiger partial charge in [-0.2, -0.15) is 0 Å². The predicted molar refractivity (Wildman–Crippen MR) is 66.0 cm³/mol. The van der Waals surface area contributed by atoms with Crippen molar-refractivity contribution in [3.63, 3.8) is 0 Å². The highest BCUT2D eigenvalue weighted by Crippen LogP contribution is 2.17. The van der Waals surface area contributed by atoms with Gasteiger partial charge in [0.15, 0.2) is 0 Å². The van der Waals surface area contributed by atoms with Crippen molar-refractivity contribution in [3.05, 3.63) is 17.5 Å². The predicted octanol–water partition coefficient (Wildman–Crippen LogP) is 0.897. The van der Waals surface area contributed by atoms with Crippen molar-refractivity contribution in [2.45, 2.75) is 32.2 Å². The summed E-state index contributed by atoms with van der Waals surface area (Å²) in [5.41, 5.74) is 6.33. The van der Waals surface area contributed by atoms with Crippen molar-refractivity contribution in [3.8, 4) is 0 Å². The lowest BCUT2D eigenvalue weighted by Crippen LogP contribution is -2.40. The third-order valence-corrected chi connectivity index (χ3v) is 2.98. The normalized spacial score (nSPS) is 19.2. The van der Waals surface area contributed by atoms with E-state index in [2.05, 4.69) is 5.16 Å². The molecule has 2 rings (SSSR count). The SMILES string of the molecule is Cc1cc(CC(=O)N2CCCC2CN)no1.Cl. The number of carbonyl (C=O) groups is 1. The number of carbonyl (C=O) groups excluding carboxylic acids is 1. The number of likely N-dealkylation sites (tertiary alicyclic amines) is 1. The van der Waals surface area contributed by atoms with E-state index in [0.29, 0.717) is 18.7 Å². The van der Waals surface area contributed by atoms with Crippen LogP contribution < -0.4 is 5.73 Å². The number of halogens is 1.